The van der Waals surface area contributed by atoms with Crippen molar-refractivity contribution >= 4 is 11.0 Å². The normalized spacial score (nSPS) is 21.6. The van der Waals surface area contributed by atoms with Gasteiger partial charge in [-0.1, -0.05) is 0 Å². The van der Waals surface area contributed by atoms with Gasteiger partial charge in [0.2, 0.25) is 0 Å². The molecular formula is C13H12O4. The van der Waals surface area contributed by atoms with Crippen LogP contribution in [-0.4, -0.2) is 19.2 Å². The van der Waals surface area contributed by atoms with Crippen LogP contribution in [0.4, 0.5) is 0 Å². The van der Waals surface area contributed by atoms with Crippen molar-refractivity contribution in [3.8, 4) is 5.75 Å². The monoisotopic (exact) mass is 232 g/mol. The van der Waals surface area contributed by atoms with E-state index >= 15 is 0 Å². The molecule has 1 saturated heterocycles. The SMILES string of the molecule is c1cc2cc3c(cc2o1)CCC1(OCCO1)O3. The molecule has 1 aromatic heterocycles. The Bertz CT molecular complexity index is 566. The average Bonchev–Trinajstić information content (AvgIpc) is 2.95. The number of rotatable bonds is 0. The molecule has 1 aromatic carbocycles. The van der Waals surface area contributed by atoms with Gasteiger partial charge in [-0.2, -0.15) is 0 Å². The van der Waals surface area contributed by atoms with Crippen LogP contribution in [0.1, 0.15) is 12.0 Å². The molecule has 1 spiro atoms. The summed E-state index contributed by atoms with van der Waals surface area (Å²) in [5.74, 6) is -0.00298. The summed E-state index contributed by atoms with van der Waals surface area (Å²) in [6.07, 6.45) is 3.30. The zero-order chi connectivity index (χ0) is 11.3. The van der Waals surface area contributed by atoms with E-state index in [9.17, 15) is 0 Å². The predicted octanol–water partition coefficient (Wildman–Crippen LogP) is 2.46. The van der Waals surface area contributed by atoms with Crippen LogP contribution in [0, 0.1) is 0 Å². The van der Waals surface area contributed by atoms with Gasteiger partial charge in [0.15, 0.2) is 0 Å². The zero-order valence-electron chi connectivity index (χ0n) is 9.27. The van der Waals surface area contributed by atoms with Gasteiger partial charge in [0, 0.05) is 11.8 Å². The van der Waals surface area contributed by atoms with Gasteiger partial charge in [-0.25, -0.2) is 0 Å². The topological polar surface area (TPSA) is 40.8 Å². The van der Waals surface area contributed by atoms with Gasteiger partial charge in [0.1, 0.15) is 11.3 Å². The van der Waals surface area contributed by atoms with E-state index in [2.05, 4.69) is 0 Å². The highest BCUT2D eigenvalue weighted by Gasteiger charge is 2.42. The van der Waals surface area contributed by atoms with Gasteiger partial charge >= 0.3 is 5.97 Å². The number of aryl methyl sites for hydroxylation is 1. The number of benzene rings is 1. The molecule has 0 atom stereocenters. The Kier molecular flexibility index (Phi) is 1.81. The first kappa shape index (κ1) is 9.50. The first-order valence-corrected chi connectivity index (χ1v) is 5.82. The number of hydrogen-bond donors (Lipinski definition) is 0. The third kappa shape index (κ3) is 1.38. The Morgan fingerprint density at radius 1 is 1.12 bits per heavy atom. The molecule has 2 aromatic rings. The lowest BCUT2D eigenvalue weighted by Crippen LogP contribution is -2.40. The van der Waals surface area contributed by atoms with Crippen molar-refractivity contribution in [2.24, 2.45) is 0 Å². The van der Waals surface area contributed by atoms with Crippen molar-refractivity contribution in [1.29, 1.82) is 0 Å². The fraction of sp³-hybridized carbons (Fsp3) is 0.385. The standard InChI is InChI=1S/C13H12O4/c1-3-13(15-5-6-16-13)17-12-8-10-2-4-14-11(10)7-9(1)12/h2,4,7-8H,1,3,5-6H2. The van der Waals surface area contributed by atoms with E-state index in [4.69, 9.17) is 18.6 Å². The Morgan fingerprint density at radius 3 is 2.88 bits per heavy atom. The molecule has 0 aliphatic carbocycles. The highest BCUT2D eigenvalue weighted by Crippen LogP contribution is 2.39. The second kappa shape index (κ2) is 3.24. The molecule has 0 amide bonds. The van der Waals surface area contributed by atoms with Gasteiger partial charge < -0.3 is 18.6 Å². The van der Waals surface area contributed by atoms with Crippen molar-refractivity contribution in [3.63, 3.8) is 0 Å². The number of fused-ring (bicyclic) bond motifs is 2. The van der Waals surface area contributed by atoms with Crippen molar-refractivity contribution < 1.29 is 18.6 Å². The molecule has 4 nitrogen and oxygen atoms in total. The molecular weight excluding hydrogens is 220 g/mol. The van der Waals surface area contributed by atoms with Gasteiger partial charge in [-0.15, -0.1) is 0 Å². The first-order chi connectivity index (χ1) is 8.35. The van der Waals surface area contributed by atoms with Gasteiger partial charge in [0.05, 0.1) is 19.5 Å². The molecule has 0 unspecified atom stereocenters. The molecule has 2 aliphatic heterocycles. The summed E-state index contributed by atoms with van der Waals surface area (Å²) in [7, 11) is 0. The minimum Gasteiger partial charge on any atom is -0.464 e. The van der Waals surface area contributed by atoms with Crippen LogP contribution in [0.3, 0.4) is 0 Å². The van der Waals surface area contributed by atoms with E-state index in [1.165, 1.54) is 0 Å². The summed E-state index contributed by atoms with van der Waals surface area (Å²) in [6, 6.07) is 5.95. The largest absolute Gasteiger partial charge is 0.464 e. The molecule has 0 radical (unpaired) electrons. The summed E-state index contributed by atoms with van der Waals surface area (Å²) >= 11 is 0. The van der Waals surface area contributed by atoms with Crippen molar-refractivity contribution in [1.82, 2.24) is 0 Å². The molecule has 0 bridgehead atoms. The van der Waals surface area contributed by atoms with E-state index in [-0.39, 0.29) is 0 Å². The summed E-state index contributed by atoms with van der Waals surface area (Å²) in [5, 5.41) is 1.04. The number of ether oxygens (including phenoxy) is 3. The maximum absolute atomic E-state index is 5.87. The lowest BCUT2D eigenvalue weighted by molar-refractivity contribution is -0.293. The Labute approximate surface area is 98.1 Å². The van der Waals surface area contributed by atoms with Crippen LogP contribution in [0.2, 0.25) is 0 Å². The van der Waals surface area contributed by atoms with Crippen LogP contribution in [0.25, 0.3) is 11.0 Å². The van der Waals surface area contributed by atoms with E-state index in [1.807, 2.05) is 18.2 Å². The predicted molar refractivity (Wildman–Crippen MR) is 59.8 cm³/mol. The van der Waals surface area contributed by atoms with Gasteiger partial charge in [0.25, 0.3) is 0 Å². The van der Waals surface area contributed by atoms with E-state index in [0.717, 1.165) is 35.1 Å². The molecule has 88 valence electrons. The maximum Gasteiger partial charge on any atom is 0.327 e. The molecule has 4 rings (SSSR count). The number of furan rings is 1. The van der Waals surface area contributed by atoms with E-state index < -0.39 is 5.97 Å². The Morgan fingerprint density at radius 2 is 2.00 bits per heavy atom. The molecule has 3 heterocycles. The van der Waals surface area contributed by atoms with Gasteiger partial charge in [-0.05, 0) is 30.2 Å². The third-order valence-electron chi connectivity index (χ3n) is 3.33. The van der Waals surface area contributed by atoms with Crippen molar-refractivity contribution in [3.05, 3.63) is 30.0 Å². The fourth-order valence-corrected chi connectivity index (χ4v) is 2.47. The molecule has 0 saturated carbocycles. The Balaban J connectivity index is 1.80. The summed E-state index contributed by atoms with van der Waals surface area (Å²) in [6.45, 7) is 1.20. The van der Waals surface area contributed by atoms with E-state index in [1.54, 1.807) is 6.26 Å². The Hall–Kier alpha value is -1.52. The summed E-state index contributed by atoms with van der Waals surface area (Å²) < 4.78 is 22.4. The lowest BCUT2D eigenvalue weighted by atomic mass is 10.0. The molecule has 17 heavy (non-hydrogen) atoms. The van der Waals surface area contributed by atoms with Crippen molar-refractivity contribution in [2.45, 2.75) is 18.8 Å². The third-order valence-corrected chi connectivity index (χ3v) is 3.33. The van der Waals surface area contributed by atoms with Crippen molar-refractivity contribution in [2.75, 3.05) is 13.2 Å². The highest BCUT2D eigenvalue weighted by molar-refractivity contribution is 5.80. The minimum absolute atomic E-state index is 0.600. The fourth-order valence-electron chi connectivity index (χ4n) is 2.47. The minimum atomic E-state index is -0.843. The molecule has 0 N–H and O–H groups in total. The molecule has 1 fully saturated rings. The first-order valence-electron chi connectivity index (χ1n) is 5.82. The summed E-state index contributed by atoms with van der Waals surface area (Å²) in [4.78, 5) is 0. The molecule has 2 aliphatic rings. The van der Waals surface area contributed by atoms with Gasteiger partial charge in [-0.3, -0.25) is 0 Å². The zero-order valence-corrected chi connectivity index (χ0v) is 9.27. The second-order valence-electron chi connectivity index (χ2n) is 4.40. The lowest BCUT2D eigenvalue weighted by Gasteiger charge is -2.32. The van der Waals surface area contributed by atoms with Crippen LogP contribution >= 0.6 is 0 Å². The maximum atomic E-state index is 5.87. The smallest absolute Gasteiger partial charge is 0.327 e. The number of hydrogen-bond acceptors (Lipinski definition) is 4. The van der Waals surface area contributed by atoms with Crippen LogP contribution in [-0.2, 0) is 15.9 Å². The quantitative estimate of drug-likeness (QED) is 0.699. The average molecular weight is 232 g/mol. The summed E-state index contributed by atoms with van der Waals surface area (Å²) in [5.41, 5.74) is 2.05. The second-order valence-corrected chi connectivity index (χ2v) is 4.40. The van der Waals surface area contributed by atoms with Crippen LogP contribution in [0.5, 0.6) is 5.75 Å². The van der Waals surface area contributed by atoms with Crippen LogP contribution < -0.4 is 4.74 Å². The van der Waals surface area contributed by atoms with E-state index in [0.29, 0.717) is 13.2 Å². The van der Waals surface area contributed by atoms with Crippen LogP contribution in [0.15, 0.2) is 28.9 Å². The molecule has 4 heteroatoms. The highest BCUT2D eigenvalue weighted by atomic mass is 16.9.